The number of carbonyl (C=O) groups excluding carboxylic acids is 2. The molecule has 2 aliphatic heterocycles. The summed E-state index contributed by atoms with van der Waals surface area (Å²) in [6, 6.07) is 6.76. The number of benzene rings is 1. The lowest BCUT2D eigenvalue weighted by Crippen LogP contribution is -2.55. The normalized spacial score (nSPS) is 21.1. The lowest BCUT2D eigenvalue weighted by molar-refractivity contribution is -0.139. The van der Waals surface area contributed by atoms with E-state index >= 15 is 0 Å². The second kappa shape index (κ2) is 11.0. The van der Waals surface area contributed by atoms with Crippen LogP contribution in [0.2, 0.25) is 0 Å². The highest BCUT2D eigenvalue weighted by Gasteiger charge is 2.39. The monoisotopic (exact) mass is 507 g/mol. The average Bonchev–Trinajstić information content (AvgIpc) is 3.60. The van der Waals surface area contributed by atoms with Gasteiger partial charge in [0.15, 0.2) is 11.5 Å². The van der Waals surface area contributed by atoms with Crippen LogP contribution in [-0.4, -0.2) is 59.2 Å². The van der Waals surface area contributed by atoms with Crippen LogP contribution in [0.1, 0.15) is 69.4 Å². The molecule has 3 atom stereocenters. The molecule has 1 aromatic heterocycles. The number of nitrogens with one attached hydrogen (secondary N) is 2. The van der Waals surface area contributed by atoms with Gasteiger partial charge in [0, 0.05) is 12.1 Å². The number of aromatic nitrogens is 2. The molecule has 3 unspecified atom stereocenters. The molecule has 0 radical (unpaired) electrons. The molecular formula is C28H37N5O4. The summed E-state index contributed by atoms with van der Waals surface area (Å²) >= 11 is 0. The minimum absolute atomic E-state index is 0.00643. The fourth-order valence-electron chi connectivity index (χ4n) is 5.74. The Morgan fingerprint density at radius 2 is 1.81 bits per heavy atom. The highest BCUT2D eigenvalue weighted by Crippen LogP contribution is 2.38. The van der Waals surface area contributed by atoms with Crippen molar-refractivity contribution in [1.29, 1.82) is 0 Å². The van der Waals surface area contributed by atoms with Gasteiger partial charge in [0.05, 0.1) is 23.5 Å². The largest absolute Gasteiger partial charge is 0.454 e. The number of nitrogens with zero attached hydrogens (tertiary/aromatic N) is 3. The van der Waals surface area contributed by atoms with E-state index in [1.54, 1.807) is 7.05 Å². The van der Waals surface area contributed by atoms with Crippen LogP contribution in [0.15, 0.2) is 24.3 Å². The van der Waals surface area contributed by atoms with E-state index in [9.17, 15) is 9.59 Å². The Kier molecular flexibility index (Phi) is 7.60. The summed E-state index contributed by atoms with van der Waals surface area (Å²) in [6.45, 7) is 4.58. The first-order valence-electron chi connectivity index (χ1n) is 13.5. The molecule has 1 aromatic carbocycles. The number of aryl methyl sites for hydroxylation is 1. The number of fused-ring (bicyclic) bond motifs is 1. The van der Waals surface area contributed by atoms with Gasteiger partial charge in [0.1, 0.15) is 11.9 Å². The molecule has 2 N–H and O–H groups in total. The summed E-state index contributed by atoms with van der Waals surface area (Å²) < 4.78 is 11.0. The van der Waals surface area contributed by atoms with Crippen molar-refractivity contribution >= 4 is 11.8 Å². The molecule has 3 aliphatic rings. The third-order valence-electron chi connectivity index (χ3n) is 7.91. The third kappa shape index (κ3) is 5.42. The Morgan fingerprint density at radius 1 is 1.03 bits per heavy atom. The van der Waals surface area contributed by atoms with Crippen LogP contribution in [-0.2, 0) is 9.59 Å². The number of hydrogen-bond acceptors (Lipinski definition) is 7. The maximum absolute atomic E-state index is 14.1. The zero-order valence-electron chi connectivity index (χ0n) is 22.0. The zero-order chi connectivity index (χ0) is 25.9. The van der Waals surface area contributed by atoms with Crippen molar-refractivity contribution < 1.29 is 19.1 Å². The number of likely N-dealkylation sites (tertiary alicyclic amines) is 1. The van der Waals surface area contributed by atoms with Gasteiger partial charge in [-0.2, -0.15) is 0 Å². The first kappa shape index (κ1) is 25.4. The van der Waals surface area contributed by atoms with Crippen molar-refractivity contribution in [2.24, 2.45) is 5.92 Å². The topological polar surface area (TPSA) is 106 Å². The van der Waals surface area contributed by atoms with Gasteiger partial charge >= 0.3 is 0 Å². The predicted molar refractivity (Wildman–Crippen MR) is 139 cm³/mol. The quantitative estimate of drug-likeness (QED) is 0.591. The van der Waals surface area contributed by atoms with E-state index in [4.69, 9.17) is 14.5 Å². The van der Waals surface area contributed by atoms with Crippen LogP contribution in [0.3, 0.4) is 0 Å². The predicted octanol–water partition coefficient (Wildman–Crippen LogP) is 3.52. The van der Waals surface area contributed by atoms with E-state index in [0.717, 1.165) is 61.2 Å². The number of likely N-dealkylation sites (N-methyl/N-ethyl adjacent to an activating group) is 1. The van der Waals surface area contributed by atoms with Gasteiger partial charge in [-0.25, -0.2) is 9.97 Å². The van der Waals surface area contributed by atoms with E-state index in [1.807, 2.05) is 43.0 Å². The summed E-state index contributed by atoms with van der Waals surface area (Å²) in [5.74, 6) is 2.12. The van der Waals surface area contributed by atoms with E-state index in [0.29, 0.717) is 18.1 Å². The first-order valence-corrected chi connectivity index (χ1v) is 13.5. The Bertz CT molecular complexity index is 1150. The van der Waals surface area contributed by atoms with Crippen molar-refractivity contribution in [3.8, 4) is 22.8 Å². The number of ether oxygens (including phenoxy) is 2. The van der Waals surface area contributed by atoms with Crippen molar-refractivity contribution in [3.63, 3.8) is 0 Å². The molecule has 1 aliphatic carbocycles. The molecule has 2 amide bonds. The van der Waals surface area contributed by atoms with Gasteiger partial charge < -0.3 is 25.0 Å². The summed E-state index contributed by atoms with van der Waals surface area (Å²) in [7, 11) is 1.76. The summed E-state index contributed by atoms with van der Waals surface area (Å²) in [4.78, 5) is 38.3. The molecule has 198 valence electrons. The maximum atomic E-state index is 14.1. The highest BCUT2D eigenvalue weighted by atomic mass is 16.7. The van der Waals surface area contributed by atoms with Crippen LogP contribution >= 0.6 is 0 Å². The molecule has 2 aromatic rings. The summed E-state index contributed by atoms with van der Waals surface area (Å²) in [5, 5.41) is 6.10. The lowest BCUT2D eigenvalue weighted by atomic mass is 9.83. The van der Waals surface area contributed by atoms with Gasteiger partial charge in [-0.1, -0.05) is 19.3 Å². The third-order valence-corrected chi connectivity index (χ3v) is 7.91. The molecule has 9 heteroatoms. The summed E-state index contributed by atoms with van der Waals surface area (Å²) in [5.41, 5.74) is 2.55. The van der Waals surface area contributed by atoms with Gasteiger partial charge in [-0.15, -0.1) is 0 Å². The molecule has 37 heavy (non-hydrogen) atoms. The van der Waals surface area contributed by atoms with Crippen LogP contribution in [0.5, 0.6) is 11.5 Å². The van der Waals surface area contributed by atoms with E-state index < -0.39 is 6.04 Å². The average molecular weight is 508 g/mol. The second-order valence-corrected chi connectivity index (χ2v) is 10.4. The van der Waals surface area contributed by atoms with Crippen molar-refractivity contribution in [2.45, 2.75) is 76.9 Å². The van der Waals surface area contributed by atoms with Crippen molar-refractivity contribution in [1.82, 2.24) is 25.5 Å². The number of rotatable bonds is 7. The van der Waals surface area contributed by atoms with E-state index in [1.165, 1.54) is 6.42 Å². The fourth-order valence-corrected chi connectivity index (χ4v) is 5.74. The van der Waals surface area contributed by atoms with Crippen LogP contribution in [0.25, 0.3) is 11.3 Å². The second-order valence-electron chi connectivity index (χ2n) is 10.4. The Morgan fingerprint density at radius 3 is 2.59 bits per heavy atom. The Labute approximate surface area is 218 Å². The van der Waals surface area contributed by atoms with Crippen molar-refractivity contribution in [3.05, 3.63) is 35.8 Å². The molecule has 3 heterocycles. The molecule has 1 saturated carbocycles. The first-order chi connectivity index (χ1) is 17.9. The minimum atomic E-state index is -0.513. The lowest BCUT2D eigenvalue weighted by Gasteiger charge is -2.35. The molecule has 1 saturated heterocycles. The number of amides is 2. The SMILES string of the molecule is CNC(C)C(=O)NC(C(=O)N1CCCC1c1cc(-c2ccc3c(c2)OCO3)nc(C)n1)C1CCCCC1. The number of hydrogen-bond donors (Lipinski definition) is 2. The van der Waals surface area contributed by atoms with Gasteiger partial charge in [-0.3, -0.25) is 9.59 Å². The highest BCUT2D eigenvalue weighted by molar-refractivity contribution is 5.90. The molecular weight excluding hydrogens is 470 g/mol. The van der Waals surface area contributed by atoms with Crippen LogP contribution < -0.4 is 20.1 Å². The van der Waals surface area contributed by atoms with Crippen molar-refractivity contribution in [2.75, 3.05) is 20.4 Å². The van der Waals surface area contributed by atoms with Gasteiger partial charge in [-0.05, 0) is 76.8 Å². The maximum Gasteiger partial charge on any atom is 0.246 e. The fraction of sp³-hybridized carbons (Fsp3) is 0.571. The number of carbonyl (C=O) groups is 2. The zero-order valence-corrected chi connectivity index (χ0v) is 22.0. The van der Waals surface area contributed by atoms with Gasteiger partial charge in [0.2, 0.25) is 18.6 Å². The molecule has 0 spiro atoms. The van der Waals surface area contributed by atoms with Crippen LogP contribution in [0.4, 0.5) is 0 Å². The Hall–Kier alpha value is -3.20. The van der Waals surface area contributed by atoms with Crippen LogP contribution in [0, 0.1) is 12.8 Å². The molecule has 9 nitrogen and oxygen atoms in total. The van der Waals surface area contributed by atoms with Gasteiger partial charge in [0.25, 0.3) is 0 Å². The minimum Gasteiger partial charge on any atom is -0.454 e. The van der Waals surface area contributed by atoms with E-state index in [2.05, 4.69) is 15.6 Å². The summed E-state index contributed by atoms with van der Waals surface area (Å²) in [6.07, 6.45) is 7.04. The van der Waals surface area contributed by atoms with E-state index in [-0.39, 0.29) is 36.6 Å². The molecule has 5 rings (SSSR count). The molecule has 2 fully saturated rings. The molecule has 0 bridgehead atoms. The smallest absolute Gasteiger partial charge is 0.246 e. The standard InChI is InChI=1S/C28H37N5O4/c1-17(29-3)27(34)32-26(19-8-5-4-6-9-19)28(35)33-13-7-10-23(33)22-15-21(30-18(2)31-22)20-11-12-24-25(14-20)37-16-36-24/h11-12,14-15,17,19,23,26,29H,4-10,13,16H2,1-3H3,(H,32,34). The Balaban J connectivity index is 1.41.